The van der Waals surface area contributed by atoms with Gasteiger partial charge in [-0.3, -0.25) is 4.79 Å². The van der Waals surface area contributed by atoms with E-state index in [0.717, 1.165) is 16.6 Å². The van der Waals surface area contributed by atoms with Gasteiger partial charge in [-0.1, -0.05) is 28.1 Å². The van der Waals surface area contributed by atoms with E-state index in [1.165, 1.54) is 18.3 Å². The first-order valence-corrected chi connectivity index (χ1v) is 6.82. The lowest BCUT2D eigenvalue weighted by Gasteiger charge is -2.10. The van der Waals surface area contributed by atoms with Gasteiger partial charge in [-0.15, -0.1) is 0 Å². The number of nitrogens with zero attached hydrogens (tertiary/aromatic N) is 2. The molecule has 0 bridgehead atoms. The van der Waals surface area contributed by atoms with E-state index in [0.29, 0.717) is 11.0 Å². The molecule has 0 spiro atoms. The molecule has 5 heteroatoms. The van der Waals surface area contributed by atoms with Crippen molar-refractivity contribution in [3.05, 3.63) is 74.9 Å². The predicted octanol–water partition coefficient (Wildman–Crippen LogP) is 3.35. The number of hydrogen-bond donors (Lipinski definition) is 0. The summed E-state index contributed by atoms with van der Waals surface area (Å²) in [4.78, 5) is 16.1. The largest absolute Gasteiger partial charge is 0.301 e. The highest BCUT2D eigenvalue weighted by Crippen LogP contribution is 2.17. The maximum Gasteiger partial charge on any atom is 0.269 e. The standard InChI is InChI=1S/C15H10BrFN2O/c16-11-5-10(6-12(17)7-11)9-19-14-4-2-1-3-13(14)18-8-15(19)20/h1-8H,9H2. The fourth-order valence-electron chi connectivity index (χ4n) is 2.16. The Bertz CT molecular complexity index is 824. The van der Waals surface area contributed by atoms with E-state index < -0.39 is 0 Å². The van der Waals surface area contributed by atoms with E-state index >= 15 is 0 Å². The third kappa shape index (κ3) is 2.49. The van der Waals surface area contributed by atoms with Crippen molar-refractivity contribution in [3.63, 3.8) is 0 Å². The van der Waals surface area contributed by atoms with Gasteiger partial charge < -0.3 is 4.57 Å². The summed E-state index contributed by atoms with van der Waals surface area (Å²) in [5.74, 6) is -0.333. The van der Waals surface area contributed by atoms with Crippen LogP contribution in [0.2, 0.25) is 0 Å². The summed E-state index contributed by atoms with van der Waals surface area (Å²) in [6.45, 7) is 0.304. The monoisotopic (exact) mass is 332 g/mol. The summed E-state index contributed by atoms with van der Waals surface area (Å²) in [5.41, 5.74) is 1.99. The van der Waals surface area contributed by atoms with Crippen LogP contribution in [-0.2, 0) is 6.54 Å². The third-order valence-corrected chi connectivity index (χ3v) is 3.47. The predicted molar refractivity (Wildman–Crippen MR) is 79.2 cm³/mol. The van der Waals surface area contributed by atoms with Gasteiger partial charge in [-0.2, -0.15) is 0 Å². The Morgan fingerprint density at radius 3 is 2.80 bits per heavy atom. The lowest BCUT2D eigenvalue weighted by Crippen LogP contribution is -2.21. The second kappa shape index (κ2) is 5.17. The van der Waals surface area contributed by atoms with Gasteiger partial charge >= 0.3 is 0 Å². The number of benzene rings is 2. The highest BCUT2D eigenvalue weighted by Gasteiger charge is 2.06. The van der Waals surface area contributed by atoms with Crippen molar-refractivity contribution in [2.75, 3.05) is 0 Å². The van der Waals surface area contributed by atoms with Crippen molar-refractivity contribution in [1.29, 1.82) is 0 Å². The Hall–Kier alpha value is -2.01. The number of aromatic nitrogens is 2. The summed E-state index contributed by atoms with van der Waals surface area (Å²) >= 11 is 3.25. The molecule has 3 rings (SSSR count). The Labute approximate surface area is 122 Å². The van der Waals surface area contributed by atoms with Gasteiger partial charge in [-0.05, 0) is 35.9 Å². The maximum absolute atomic E-state index is 13.4. The molecule has 0 radical (unpaired) electrons. The minimum atomic E-state index is -0.333. The normalized spacial score (nSPS) is 10.9. The highest BCUT2D eigenvalue weighted by atomic mass is 79.9. The molecule has 0 aliphatic carbocycles. The Morgan fingerprint density at radius 2 is 2.00 bits per heavy atom. The molecule has 0 saturated carbocycles. The molecule has 100 valence electrons. The molecule has 0 unspecified atom stereocenters. The van der Waals surface area contributed by atoms with Crippen LogP contribution in [0.25, 0.3) is 11.0 Å². The number of hydrogen-bond acceptors (Lipinski definition) is 2. The Morgan fingerprint density at radius 1 is 1.20 bits per heavy atom. The van der Waals surface area contributed by atoms with Crippen LogP contribution in [0.5, 0.6) is 0 Å². The molecule has 0 aliphatic heterocycles. The first kappa shape index (κ1) is 13.0. The topological polar surface area (TPSA) is 34.9 Å². The molecule has 1 heterocycles. The fourth-order valence-corrected chi connectivity index (χ4v) is 2.68. The lowest BCUT2D eigenvalue weighted by molar-refractivity contribution is 0.622. The first-order chi connectivity index (χ1) is 9.63. The van der Waals surface area contributed by atoms with E-state index in [2.05, 4.69) is 20.9 Å². The second-order valence-corrected chi connectivity index (χ2v) is 5.36. The van der Waals surface area contributed by atoms with Crippen LogP contribution >= 0.6 is 15.9 Å². The van der Waals surface area contributed by atoms with Crippen molar-refractivity contribution in [2.45, 2.75) is 6.54 Å². The van der Waals surface area contributed by atoms with E-state index in [1.807, 2.05) is 24.3 Å². The zero-order chi connectivity index (χ0) is 14.1. The smallest absolute Gasteiger partial charge is 0.269 e. The van der Waals surface area contributed by atoms with Gasteiger partial charge in [0.25, 0.3) is 5.56 Å². The molecule has 2 aromatic carbocycles. The van der Waals surface area contributed by atoms with Crippen LogP contribution in [0, 0.1) is 5.82 Å². The molecule has 0 amide bonds. The van der Waals surface area contributed by atoms with Gasteiger partial charge in [0.15, 0.2) is 0 Å². The van der Waals surface area contributed by atoms with Gasteiger partial charge in [-0.25, -0.2) is 9.37 Å². The molecule has 1 aromatic heterocycles. The van der Waals surface area contributed by atoms with Crippen molar-refractivity contribution in [1.82, 2.24) is 9.55 Å². The van der Waals surface area contributed by atoms with Crippen LogP contribution in [-0.4, -0.2) is 9.55 Å². The minimum absolute atomic E-state index is 0.205. The summed E-state index contributed by atoms with van der Waals surface area (Å²) in [7, 11) is 0. The van der Waals surface area contributed by atoms with E-state index in [9.17, 15) is 9.18 Å². The van der Waals surface area contributed by atoms with Crippen LogP contribution in [0.15, 0.2) is 57.9 Å². The van der Waals surface area contributed by atoms with E-state index in [1.54, 1.807) is 10.6 Å². The van der Waals surface area contributed by atoms with Crippen molar-refractivity contribution in [2.24, 2.45) is 0 Å². The molecule has 0 saturated heterocycles. The van der Waals surface area contributed by atoms with Gasteiger partial charge in [0.2, 0.25) is 0 Å². The SMILES string of the molecule is O=c1cnc2ccccc2n1Cc1cc(F)cc(Br)c1. The second-order valence-electron chi connectivity index (χ2n) is 4.45. The molecule has 3 nitrogen and oxygen atoms in total. The molecule has 3 aromatic rings. The number of rotatable bonds is 2. The quantitative estimate of drug-likeness (QED) is 0.721. The van der Waals surface area contributed by atoms with Crippen molar-refractivity contribution < 1.29 is 4.39 Å². The van der Waals surface area contributed by atoms with Crippen LogP contribution in [0.3, 0.4) is 0 Å². The van der Waals surface area contributed by atoms with Gasteiger partial charge in [0, 0.05) is 4.47 Å². The zero-order valence-electron chi connectivity index (χ0n) is 10.4. The molecular weight excluding hydrogens is 323 g/mol. The lowest BCUT2D eigenvalue weighted by atomic mass is 10.2. The average Bonchev–Trinajstić information content (AvgIpc) is 2.41. The highest BCUT2D eigenvalue weighted by molar-refractivity contribution is 9.10. The molecule has 0 aliphatic rings. The third-order valence-electron chi connectivity index (χ3n) is 3.02. The average molecular weight is 333 g/mol. The van der Waals surface area contributed by atoms with Gasteiger partial charge in [0.1, 0.15) is 5.82 Å². The van der Waals surface area contributed by atoms with Crippen LogP contribution < -0.4 is 5.56 Å². The van der Waals surface area contributed by atoms with Crippen molar-refractivity contribution in [3.8, 4) is 0 Å². The molecule has 20 heavy (non-hydrogen) atoms. The summed E-state index contributed by atoms with van der Waals surface area (Å²) in [6.07, 6.45) is 1.29. The summed E-state index contributed by atoms with van der Waals surface area (Å²) in [5, 5.41) is 0. The van der Waals surface area contributed by atoms with Crippen LogP contribution in [0.4, 0.5) is 4.39 Å². The number of para-hydroxylation sites is 2. The van der Waals surface area contributed by atoms with Crippen molar-refractivity contribution >= 4 is 27.0 Å². The molecule has 0 N–H and O–H groups in total. The summed E-state index contributed by atoms with van der Waals surface area (Å²) < 4.78 is 15.7. The Kier molecular flexibility index (Phi) is 3.36. The number of halogens is 2. The Balaban J connectivity index is 2.15. The van der Waals surface area contributed by atoms with E-state index in [-0.39, 0.29) is 11.4 Å². The number of fused-ring (bicyclic) bond motifs is 1. The fraction of sp³-hybridized carbons (Fsp3) is 0.0667. The molecule has 0 fully saturated rings. The van der Waals surface area contributed by atoms with Gasteiger partial charge in [0.05, 0.1) is 23.8 Å². The van der Waals surface area contributed by atoms with Crippen LogP contribution in [0.1, 0.15) is 5.56 Å². The molecule has 0 atom stereocenters. The first-order valence-electron chi connectivity index (χ1n) is 6.03. The maximum atomic E-state index is 13.4. The minimum Gasteiger partial charge on any atom is -0.301 e. The van der Waals surface area contributed by atoms with E-state index in [4.69, 9.17) is 0 Å². The zero-order valence-corrected chi connectivity index (χ0v) is 12.0. The summed E-state index contributed by atoms with van der Waals surface area (Å²) in [6, 6.07) is 12.0. The molecular formula is C15H10BrFN2O.